The third-order valence-corrected chi connectivity index (χ3v) is 4.67. The fourth-order valence-electron chi connectivity index (χ4n) is 2.25. The number of nitrogens with two attached hydrogens (primary N) is 1. The third-order valence-electron chi connectivity index (χ3n) is 3.80. The molecule has 0 saturated heterocycles. The Bertz CT molecular complexity index is 853. The monoisotopic (exact) mass is 413 g/mol. The van der Waals surface area contributed by atoms with E-state index in [1.807, 2.05) is 48.8 Å². The zero-order valence-corrected chi connectivity index (χ0v) is 18.1. The van der Waals surface area contributed by atoms with Crippen molar-refractivity contribution in [2.75, 3.05) is 14.2 Å². The Balaban J connectivity index is 3.07. The van der Waals surface area contributed by atoms with E-state index in [0.29, 0.717) is 5.84 Å². The van der Waals surface area contributed by atoms with Crippen molar-refractivity contribution in [1.82, 2.24) is 0 Å². The van der Waals surface area contributed by atoms with Crippen molar-refractivity contribution < 1.29 is 9.13 Å². The van der Waals surface area contributed by atoms with E-state index < -0.39 is 0 Å². The lowest BCUT2D eigenvalue weighted by Gasteiger charge is -2.07. The smallest absolute Gasteiger partial charge is 0.156 e. The summed E-state index contributed by atoms with van der Waals surface area (Å²) < 4.78 is 18.4. The Morgan fingerprint density at radius 3 is 2.76 bits per heavy atom. The number of hydrogen-bond donors (Lipinski definition) is 1. The minimum Gasteiger partial charge on any atom is -0.497 e. The SMILES string of the molecule is C\C=C(F)/C=C\C=C\S/C(C)=C(\C=C\C1=CC=CC(OC)=CC1)C(N=CN)=NC. The molecule has 0 bridgehead atoms. The van der Waals surface area contributed by atoms with E-state index in [1.54, 1.807) is 33.2 Å². The molecule has 0 spiro atoms. The summed E-state index contributed by atoms with van der Waals surface area (Å²) in [6, 6.07) is 0. The molecule has 1 aliphatic carbocycles. The van der Waals surface area contributed by atoms with Crippen molar-refractivity contribution >= 4 is 23.9 Å². The van der Waals surface area contributed by atoms with Crippen LogP contribution in [0.25, 0.3) is 0 Å². The molecule has 2 N–H and O–H groups in total. The number of aliphatic imine (C=N–C) groups is 2. The Morgan fingerprint density at radius 1 is 1.31 bits per heavy atom. The topological polar surface area (TPSA) is 60.0 Å². The Labute approximate surface area is 177 Å². The molecule has 0 heterocycles. The van der Waals surface area contributed by atoms with E-state index >= 15 is 0 Å². The summed E-state index contributed by atoms with van der Waals surface area (Å²) in [7, 11) is 3.33. The molecule has 0 aliphatic heterocycles. The van der Waals surface area contributed by atoms with Crippen LogP contribution in [-0.2, 0) is 4.74 Å². The molecule has 29 heavy (non-hydrogen) atoms. The number of nitrogens with zero attached hydrogens (tertiary/aromatic N) is 2. The molecule has 0 fully saturated rings. The standard InChI is InChI=1S/C23H28FN3OS/c1-5-20(24)10-6-7-16-29-18(2)22(23(26-3)27-17-25)15-13-19-9-8-11-21(28-4)14-12-19/h5-11,13-17H,12H2,1-4H3,(H2,25,26,27)/b10-6-,15-13+,16-7+,20-5+,22-18+. The van der Waals surface area contributed by atoms with E-state index in [9.17, 15) is 4.39 Å². The summed E-state index contributed by atoms with van der Waals surface area (Å²) in [5, 5.41) is 1.88. The molecular weight excluding hydrogens is 385 g/mol. The van der Waals surface area contributed by atoms with Gasteiger partial charge in [-0.2, -0.15) is 0 Å². The first-order valence-corrected chi connectivity index (χ1v) is 9.97. The molecule has 4 nitrogen and oxygen atoms in total. The van der Waals surface area contributed by atoms with Gasteiger partial charge < -0.3 is 10.5 Å². The molecule has 0 aromatic carbocycles. The summed E-state index contributed by atoms with van der Waals surface area (Å²) in [4.78, 5) is 9.40. The van der Waals surface area contributed by atoms with Gasteiger partial charge in [-0.25, -0.2) is 9.38 Å². The lowest BCUT2D eigenvalue weighted by atomic mass is 10.1. The van der Waals surface area contributed by atoms with E-state index in [2.05, 4.69) is 9.98 Å². The zero-order chi connectivity index (χ0) is 21.5. The Morgan fingerprint density at radius 2 is 2.10 bits per heavy atom. The number of amidine groups is 1. The second-order valence-electron chi connectivity index (χ2n) is 5.72. The predicted molar refractivity (Wildman–Crippen MR) is 126 cm³/mol. The lowest BCUT2D eigenvalue weighted by molar-refractivity contribution is 0.305. The summed E-state index contributed by atoms with van der Waals surface area (Å²) in [6.45, 7) is 3.63. The maximum atomic E-state index is 13.1. The second-order valence-corrected chi connectivity index (χ2v) is 6.84. The fourth-order valence-corrected chi connectivity index (χ4v) is 2.91. The largest absolute Gasteiger partial charge is 0.497 e. The molecule has 0 atom stereocenters. The highest BCUT2D eigenvalue weighted by atomic mass is 32.2. The van der Waals surface area contributed by atoms with Crippen molar-refractivity contribution in [2.45, 2.75) is 20.3 Å². The van der Waals surface area contributed by atoms with Crippen LogP contribution in [0.2, 0.25) is 0 Å². The molecule has 154 valence electrons. The van der Waals surface area contributed by atoms with Gasteiger partial charge in [0.25, 0.3) is 0 Å². The number of rotatable bonds is 8. The first kappa shape index (κ1) is 24.2. The number of halogens is 1. The molecular formula is C23H28FN3OS. The van der Waals surface area contributed by atoms with Crippen molar-refractivity contribution in [1.29, 1.82) is 0 Å². The van der Waals surface area contributed by atoms with Crippen molar-refractivity contribution in [3.8, 4) is 0 Å². The number of thioether (sulfide) groups is 1. The number of ether oxygens (including phenoxy) is 1. The molecule has 0 radical (unpaired) electrons. The van der Waals surface area contributed by atoms with Crippen molar-refractivity contribution in [2.24, 2.45) is 15.7 Å². The lowest BCUT2D eigenvalue weighted by Crippen LogP contribution is -2.03. The van der Waals surface area contributed by atoms with Crippen LogP contribution >= 0.6 is 11.8 Å². The average Bonchev–Trinajstić information content (AvgIpc) is 2.97. The van der Waals surface area contributed by atoms with Gasteiger partial charge in [0, 0.05) is 12.6 Å². The van der Waals surface area contributed by atoms with Gasteiger partial charge in [0.05, 0.1) is 13.4 Å². The molecule has 0 aromatic heterocycles. The molecule has 0 aromatic rings. The maximum absolute atomic E-state index is 13.1. The molecule has 0 saturated carbocycles. The first-order chi connectivity index (χ1) is 14.0. The summed E-state index contributed by atoms with van der Waals surface area (Å²) in [5.41, 5.74) is 7.46. The zero-order valence-electron chi connectivity index (χ0n) is 17.3. The predicted octanol–water partition coefficient (Wildman–Crippen LogP) is 5.92. The maximum Gasteiger partial charge on any atom is 0.156 e. The molecule has 0 amide bonds. The third kappa shape index (κ3) is 9.25. The van der Waals surface area contributed by atoms with Crippen LogP contribution < -0.4 is 5.73 Å². The van der Waals surface area contributed by atoms with Gasteiger partial charge >= 0.3 is 0 Å². The summed E-state index contributed by atoms with van der Waals surface area (Å²) in [6.07, 6.45) is 20.2. The number of allylic oxidation sites excluding steroid dienone is 12. The van der Waals surface area contributed by atoms with Crippen LogP contribution in [0.3, 0.4) is 0 Å². The Hall–Kier alpha value is -2.86. The van der Waals surface area contributed by atoms with Crippen molar-refractivity contribution in [3.05, 3.63) is 93.8 Å². The minimum absolute atomic E-state index is 0.273. The van der Waals surface area contributed by atoms with E-state index in [-0.39, 0.29) is 5.83 Å². The normalized spacial score (nSPS) is 17.3. The highest BCUT2D eigenvalue weighted by Gasteiger charge is 2.07. The average molecular weight is 414 g/mol. The van der Waals surface area contributed by atoms with Crippen LogP contribution in [0.1, 0.15) is 20.3 Å². The van der Waals surface area contributed by atoms with Gasteiger partial charge in [0.15, 0.2) is 5.84 Å². The van der Waals surface area contributed by atoms with E-state index in [1.165, 1.54) is 30.3 Å². The van der Waals surface area contributed by atoms with Crippen LogP contribution in [0.5, 0.6) is 0 Å². The number of hydrogen-bond acceptors (Lipinski definition) is 3. The van der Waals surface area contributed by atoms with Gasteiger partial charge in [-0.1, -0.05) is 42.5 Å². The molecule has 1 rings (SSSR count). The van der Waals surface area contributed by atoms with Crippen molar-refractivity contribution in [3.63, 3.8) is 0 Å². The van der Waals surface area contributed by atoms with Gasteiger partial charge in [-0.3, -0.25) is 4.99 Å². The van der Waals surface area contributed by atoms with E-state index in [4.69, 9.17) is 10.5 Å². The van der Waals surface area contributed by atoms with Gasteiger partial charge in [0.1, 0.15) is 11.6 Å². The van der Waals surface area contributed by atoms with Gasteiger partial charge in [-0.15, -0.1) is 11.8 Å². The first-order valence-electron chi connectivity index (χ1n) is 9.09. The highest BCUT2D eigenvalue weighted by Crippen LogP contribution is 2.24. The quantitative estimate of drug-likeness (QED) is 0.305. The van der Waals surface area contributed by atoms with E-state index in [0.717, 1.165) is 28.2 Å². The molecule has 6 heteroatoms. The summed E-state index contributed by atoms with van der Waals surface area (Å²) in [5.74, 6) is 1.10. The highest BCUT2D eigenvalue weighted by molar-refractivity contribution is 8.05. The summed E-state index contributed by atoms with van der Waals surface area (Å²) >= 11 is 1.50. The minimum atomic E-state index is -0.273. The second kappa shape index (κ2) is 14.2. The molecule has 1 aliphatic rings. The van der Waals surface area contributed by atoms with Crippen LogP contribution in [0, 0.1) is 0 Å². The Kier molecular flexibility index (Phi) is 11.8. The van der Waals surface area contributed by atoms with Gasteiger partial charge in [-0.05, 0) is 54.4 Å². The van der Waals surface area contributed by atoms with Crippen LogP contribution in [0.15, 0.2) is 104 Å². The fraction of sp³-hybridized carbons (Fsp3) is 0.217. The van der Waals surface area contributed by atoms with Gasteiger partial charge in [0.2, 0.25) is 0 Å². The molecule has 0 unspecified atom stereocenters. The van der Waals surface area contributed by atoms with Crippen LogP contribution in [-0.4, -0.2) is 26.3 Å². The van der Waals surface area contributed by atoms with Crippen LogP contribution in [0.4, 0.5) is 4.39 Å². The number of methoxy groups -OCH3 is 1.